The van der Waals surface area contributed by atoms with Crippen LogP contribution in [0.15, 0.2) is 35.7 Å². The lowest BCUT2D eigenvalue weighted by atomic mass is 10.3. The number of para-hydroxylation sites is 1. The van der Waals surface area contributed by atoms with E-state index in [0.717, 1.165) is 5.75 Å². The molecule has 0 spiro atoms. The third-order valence-corrected chi connectivity index (χ3v) is 3.81. The topological polar surface area (TPSA) is 97.8 Å². The molecule has 0 atom stereocenters. The van der Waals surface area contributed by atoms with Gasteiger partial charge in [-0.3, -0.25) is 4.79 Å². The summed E-state index contributed by atoms with van der Waals surface area (Å²) in [5, 5.41) is 13.6. The maximum atomic E-state index is 11.6. The van der Waals surface area contributed by atoms with Crippen molar-refractivity contribution in [2.24, 2.45) is 0 Å². The van der Waals surface area contributed by atoms with E-state index < -0.39 is 5.97 Å². The monoisotopic (exact) mass is 350 g/mol. The highest BCUT2D eigenvalue weighted by molar-refractivity contribution is 7.09. The van der Waals surface area contributed by atoms with Crippen molar-refractivity contribution in [1.29, 1.82) is 0 Å². The van der Waals surface area contributed by atoms with E-state index in [2.05, 4.69) is 10.3 Å². The number of amides is 1. The van der Waals surface area contributed by atoms with E-state index in [1.807, 2.05) is 30.3 Å². The van der Waals surface area contributed by atoms with Gasteiger partial charge in [-0.1, -0.05) is 18.2 Å². The van der Waals surface area contributed by atoms with Gasteiger partial charge in [0.15, 0.2) is 5.69 Å². The van der Waals surface area contributed by atoms with Crippen molar-refractivity contribution in [3.8, 4) is 5.75 Å². The molecule has 24 heavy (non-hydrogen) atoms. The molecule has 8 heteroatoms. The molecule has 0 saturated carbocycles. The average molecular weight is 350 g/mol. The van der Waals surface area contributed by atoms with Gasteiger partial charge >= 0.3 is 5.97 Å². The van der Waals surface area contributed by atoms with Gasteiger partial charge in [0.25, 0.3) is 0 Å². The van der Waals surface area contributed by atoms with Crippen LogP contribution in [-0.2, 0) is 16.0 Å². The Kier molecular flexibility index (Phi) is 7.19. The number of carboxylic acids is 1. The molecule has 0 saturated heterocycles. The lowest BCUT2D eigenvalue weighted by Gasteiger charge is -2.07. The van der Waals surface area contributed by atoms with Gasteiger partial charge in [-0.25, -0.2) is 9.78 Å². The van der Waals surface area contributed by atoms with Crippen molar-refractivity contribution in [1.82, 2.24) is 10.3 Å². The fraction of sp³-hybridized carbons (Fsp3) is 0.312. The van der Waals surface area contributed by atoms with Crippen molar-refractivity contribution in [3.05, 3.63) is 46.4 Å². The maximum absolute atomic E-state index is 11.6. The van der Waals surface area contributed by atoms with Gasteiger partial charge in [-0.15, -0.1) is 11.3 Å². The van der Waals surface area contributed by atoms with Gasteiger partial charge in [0.05, 0.1) is 11.6 Å². The van der Waals surface area contributed by atoms with E-state index in [-0.39, 0.29) is 18.2 Å². The second-order valence-corrected chi connectivity index (χ2v) is 5.69. The first-order valence-electron chi connectivity index (χ1n) is 7.35. The number of nitrogens with one attached hydrogen (secondary N) is 1. The van der Waals surface area contributed by atoms with Crippen molar-refractivity contribution in [2.45, 2.75) is 6.42 Å². The molecule has 1 heterocycles. The fourth-order valence-corrected chi connectivity index (χ4v) is 2.56. The molecule has 0 aliphatic carbocycles. The lowest BCUT2D eigenvalue weighted by Crippen LogP contribution is -2.30. The van der Waals surface area contributed by atoms with E-state index in [0.29, 0.717) is 31.2 Å². The summed E-state index contributed by atoms with van der Waals surface area (Å²) in [6.07, 6.45) is 0.487. The summed E-state index contributed by atoms with van der Waals surface area (Å²) in [6, 6.07) is 9.36. The van der Waals surface area contributed by atoms with Crippen LogP contribution in [0.1, 0.15) is 15.5 Å². The summed E-state index contributed by atoms with van der Waals surface area (Å²) in [4.78, 5) is 26.2. The molecule has 7 nitrogen and oxygen atoms in total. The molecule has 2 rings (SSSR count). The standard InChI is InChI=1S/C16H18N2O5S/c19-14(10-22-8-9-23-12-4-2-1-3-5-12)17-7-6-15-18-13(11-24-15)16(20)21/h1-5,11H,6-10H2,(H,17,19)(H,20,21). The molecule has 0 unspecified atom stereocenters. The lowest BCUT2D eigenvalue weighted by molar-refractivity contribution is -0.125. The number of aromatic carboxylic acids is 1. The van der Waals surface area contributed by atoms with Crippen LogP contribution in [0, 0.1) is 0 Å². The second-order valence-electron chi connectivity index (χ2n) is 4.75. The Bertz CT molecular complexity index is 659. The number of benzene rings is 1. The van der Waals surface area contributed by atoms with Crippen LogP contribution in [0.3, 0.4) is 0 Å². The van der Waals surface area contributed by atoms with Crippen molar-refractivity contribution < 1.29 is 24.2 Å². The number of ether oxygens (including phenoxy) is 2. The minimum Gasteiger partial charge on any atom is -0.491 e. The summed E-state index contributed by atoms with van der Waals surface area (Å²) in [5.74, 6) is -0.521. The molecular formula is C16H18N2O5S. The van der Waals surface area contributed by atoms with Crippen LogP contribution in [-0.4, -0.2) is 48.3 Å². The zero-order valence-corrected chi connectivity index (χ0v) is 13.8. The number of carbonyl (C=O) groups is 2. The Morgan fingerprint density at radius 1 is 1.21 bits per heavy atom. The largest absolute Gasteiger partial charge is 0.491 e. The van der Waals surface area contributed by atoms with Crippen LogP contribution in [0.2, 0.25) is 0 Å². The van der Waals surface area contributed by atoms with Crippen LogP contribution in [0.4, 0.5) is 0 Å². The summed E-state index contributed by atoms with van der Waals surface area (Å²) in [6.45, 7) is 1.02. The van der Waals surface area contributed by atoms with Crippen LogP contribution < -0.4 is 10.1 Å². The second kappa shape index (κ2) is 9.64. The molecule has 0 radical (unpaired) electrons. The highest BCUT2D eigenvalue weighted by atomic mass is 32.1. The van der Waals surface area contributed by atoms with Gasteiger partial charge in [0, 0.05) is 18.3 Å². The molecule has 0 aliphatic heterocycles. The Morgan fingerprint density at radius 3 is 2.71 bits per heavy atom. The molecule has 1 aromatic heterocycles. The van der Waals surface area contributed by atoms with E-state index in [9.17, 15) is 9.59 Å². The van der Waals surface area contributed by atoms with Crippen molar-refractivity contribution >= 4 is 23.2 Å². The highest BCUT2D eigenvalue weighted by Gasteiger charge is 2.08. The minimum atomic E-state index is -1.05. The maximum Gasteiger partial charge on any atom is 0.355 e. The third-order valence-electron chi connectivity index (χ3n) is 2.90. The fourth-order valence-electron chi connectivity index (χ4n) is 1.78. The Morgan fingerprint density at radius 2 is 2.00 bits per heavy atom. The van der Waals surface area contributed by atoms with E-state index in [1.165, 1.54) is 16.7 Å². The Hall–Kier alpha value is -2.45. The number of hydrogen-bond donors (Lipinski definition) is 2. The summed E-state index contributed by atoms with van der Waals surface area (Å²) in [7, 11) is 0. The number of rotatable bonds is 10. The first-order chi connectivity index (χ1) is 11.6. The number of carbonyl (C=O) groups excluding carboxylic acids is 1. The number of carboxylic acid groups (broad SMARTS) is 1. The zero-order valence-electron chi connectivity index (χ0n) is 12.9. The number of nitrogens with zero attached hydrogens (tertiary/aromatic N) is 1. The Balaban J connectivity index is 1.52. The minimum absolute atomic E-state index is 0.0306. The van der Waals surface area contributed by atoms with Crippen molar-refractivity contribution in [3.63, 3.8) is 0 Å². The molecule has 2 aromatic rings. The van der Waals surface area contributed by atoms with Crippen LogP contribution >= 0.6 is 11.3 Å². The first kappa shape index (κ1) is 17.9. The third kappa shape index (κ3) is 6.35. The molecule has 128 valence electrons. The molecule has 0 fully saturated rings. The number of aromatic nitrogens is 1. The van der Waals surface area contributed by atoms with Crippen LogP contribution in [0.25, 0.3) is 0 Å². The van der Waals surface area contributed by atoms with E-state index >= 15 is 0 Å². The first-order valence-corrected chi connectivity index (χ1v) is 8.23. The number of hydrogen-bond acceptors (Lipinski definition) is 6. The van der Waals surface area contributed by atoms with Gasteiger partial charge in [-0.05, 0) is 12.1 Å². The zero-order chi connectivity index (χ0) is 17.2. The molecule has 0 bridgehead atoms. The molecule has 1 aromatic carbocycles. The van der Waals surface area contributed by atoms with Gasteiger partial charge < -0.3 is 19.9 Å². The molecular weight excluding hydrogens is 332 g/mol. The smallest absolute Gasteiger partial charge is 0.355 e. The van der Waals surface area contributed by atoms with Gasteiger partial charge in [-0.2, -0.15) is 0 Å². The predicted octanol–water partition coefficient (Wildman–Crippen LogP) is 1.60. The SMILES string of the molecule is O=C(COCCOc1ccccc1)NCCc1nc(C(=O)O)cs1. The molecule has 0 aliphatic rings. The number of thiazole rings is 1. The Labute approximate surface area is 143 Å². The van der Waals surface area contributed by atoms with E-state index in [1.54, 1.807) is 0 Å². The molecule has 2 N–H and O–H groups in total. The highest BCUT2D eigenvalue weighted by Crippen LogP contribution is 2.10. The molecule has 1 amide bonds. The quantitative estimate of drug-likeness (QED) is 0.632. The van der Waals surface area contributed by atoms with Crippen molar-refractivity contribution in [2.75, 3.05) is 26.4 Å². The summed E-state index contributed by atoms with van der Waals surface area (Å²) in [5.41, 5.74) is 0.0306. The average Bonchev–Trinajstić information content (AvgIpc) is 3.05. The predicted molar refractivity (Wildman–Crippen MR) is 88.5 cm³/mol. The van der Waals surface area contributed by atoms with E-state index in [4.69, 9.17) is 14.6 Å². The van der Waals surface area contributed by atoms with Gasteiger partial charge in [0.1, 0.15) is 19.0 Å². The summed E-state index contributed by atoms with van der Waals surface area (Å²) >= 11 is 1.26. The van der Waals surface area contributed by atoms with Gasteiger partial charge in [0.2, 0.25) is 5.91 Å². The van der Waals surface area contributed by atoms with Crippen LogP contribution in [0.5, 0.6) is 5.75 Å². The summed E-state index contributed by atoms with van der Waals surface area (Å²) < 4.78 is 10.7. The normalized spacial score (nSPS) is 10.3.